The fourth-order valence-electron chi connectivity index (χ4n) is 1.86. The van der Waals surface area contributed by atoms with Crippen LogP contribution in [0.25, 0.3) is 0 Å². The molecule has 0 radical (unpaired) electrons. The number of hydrogen-bond acceptors (Lipinski definition) is 1. The molecule has 0 bridgehead atoms. The van der Waals surface area contributed by atoms with E-state index in [2.05, 4.69) is 21.2 Å². The molecular formula is C16H16BrNO. The van der Waals surface area contributed by atoms with E-state index in [0.29, 0.717) is 0 Å². The van der Waals surface area contributed by atoms with Gasteiger partial charge in [0, 0.05) is 16.6 Å². The highest BCUT2D eigenvalue weighted by Gasteiger charge is 2.09. The first kappa shape index (κ1) is 13.8. The molecule has 0 spiro atoms. The van der Waals surface area contributed by atoms with Crippen LogP contribution in [0.15, 0.2) is 42.5 Å². The highest BCUT2D eigenvalue weighted by atomic mass is 79.9. The summed E-state index contributed by atoms with van der Waals surface area (Å²) in [5.41, 5.74) is 4.80. The molecule has 1 amide bonds. The summed E-state index contributed by atoms with van der Waals surface area (Å²) in [6, 6.07) is 13.7. The smallest absolute Gasteiger partial charge is 0.255 e. The van der Waals surface area contributed by atoms with E-state index in [1.54, 1.807) is 0 Å². The first-order chi connectivity index (χ1) is 9.10. The maximum atomic E-state index is 12.2. The van der Waals surface area contributed by atoms with Gasteiger partial charge in [-0.05, 0) is 43.2 Å². The Morgan fingerprint density at radius 3 is 2.42 bits per heavy atom. The summed E-state index contributed by atoms with van der Waals surface area (Å²) in [4.78, 5) is 12.2. The van der Waals surface area contributed by atoms with Crippen molar-refractivity contribution in [3.63, 3.8) is 0 Å². The molecule has 0 aromatic heterocycles. The molecule has 2 nitrogen and oxygen atoms in total. The monoisotopic (exact) mass is 317 g/mol. The molecule has 2 aromatic rings. The van der Waals surface area contributed by atoms with Crippen LogP contribution < -0.4 is 5.32 Å². The van der Waals surface area contributed by atoms with Crippen LogP contribution in [0.4, 0.5) is 5.69 Å². The Morgan fingerprint density at radius 1 is 1.11 bits per heavy atom. The lowest BCUT2D eigenvalue weighted by Gasteiger charge is -2.09. The summed E-state index contributed by atoms with van der Waals surface area (Å²) >= 11 is 3.40. The number of carbonyl (C=O) groups is 1. The van der Waals surface area contributed by atoms with Crippen LogP contribution in [-0.4, -0.2) is 5.91 Å². The highest BCUT2D eigenvalue weighted by Crippen LogP contribution is 2.15. The van der Waals surface area contributed by atoms with Crippen molar-refractivity contribution < 1.29 is 4.79 Å². The summed E-state index contributed by atoms with van der Waals surface area (Å²) in [6.07, 6.45) is 0. The Balaban J connectivity index is 2.18. The molecule has 0 atom stereocenters. The lowest BCUT2D eigenvalue weighted by Crippen LogP contribution is -2.13. The van der Waals surface area contributed by atoms with Gasteiger partial charge >= 0.3 is 0 Å². The van der Waals surface area contributed by atoms with Gasteiger partial charge in [-0.2, -0.15) is 0 Å². The van der Waals surface area contributed by atoms with Gasteiger partial charge in [-0.1, -0.05) is 45.8 Å². The molecule has 0 aliphatic rings. The summed E-state index contributed by atoms with van der Waals surface area (Å²) < 4.78 is 0. The Bertz CT molecular complexity index is 590. The number of hydrogen-bond donors (Lipinski definition) is 1. The number of nitrogens with one attached hydrogen (secondary N) is 1. The number of alkyl halides is 1. The minimum Gasteiger partial charge on any atom is -0.322 e. The number of carbonyl (C=O) groups excluding carboxylic acids is 1. The minimum atomic E-state index is -0.0622. The predicted molar refractivity (Wildman–Crippen MR) is 82.9 cm³/mol. The van der Waals surface area contributed by atoms with Crippen LogP contribution in [0.2, 0.25) is 0 Å². The molecule has 2 rings (SSSR count). The maximum absolute atomic E-state index is 12.2. The average molecular weight is 318 g/mol. The molecule has 0 unspecified atom stereocenters. The second-order valence-electron chi connectivity index (χ2n) is 4.60. The highest BCUT2D eigenvalue weighted by molar-refractivity contribution is 9.08. The number of aryl methyl sites for hydroxylation is 2. The first-order valence-electron chi connectivity index (χ1n) is 6.13. The zero-order valence-corrected chi connectivity index (χ0v) is 12.6. The standard InChI is InChI=1S/C16H16BrNO/c1-11-3-4-12(2)15(9-11)16(19)18-14-7-5-13(10-17)6-8-14/h3-9H,10H2,1-2H3,(H,18,19). The van der Waals surface area contributed by atoms with Crippen LogP contribution >= 0.6 is 15.9 Å². The molecule has 19 heavy (non-hydrogen) atoms. The van der Waals surface area contributed by atoms with Crippen LogP contribution in [0.5, 0.6) is 0 Å². The van der Waals surface area contributed by atoms with E-state index < -0.39 is 0 Å². The van der Waals surface area contributed by atoms with Crippen LogP contribution in [0.1, 0.15) is 27.0 Å². The second kappa shape index (κ2) is 6.02. The molecule has 0 aliphatic carbocycles. The van der Waals surface area contributed by atoms with Gasteiger partial charge in [-0.25, -0.2) is 0 Å². The van der Waals surface area contributed by atoms with Crippen molar-refractivity contribution in [1.29, 1.82) is 0 Å². The van der Waals surface area contributed by atoms with Crippen LogP contribution in [-0.2, 0) is 5.33 Å². The Morgan fingerprint density at radius 2 is 1.79 bits per heavy atom. The Hall–Kier alpha value is -1.61. The number of rotatable bonds is 3. The molecule has 98 valence electrons. The van der Waals surface area contributed by atoms with Crippen molar-refractivity contribution >= 4 is 27.5 Å². The van der Waals surface area contributed by atoms with E-state index >= 15 is 0 Å². The molecule has 3 heteroatoms. The fourth-order valence-corrected chi connectivity index (χ4v) is 2.23. The third kappa shape index (κ3) is 3.44. The van der Waals surface area contributed by atoms with Gasteiger partial charge in [0.15, 0.2) is 0 Å². The normalized spacial score (nSPS) is 10.3. The summed E-state index contributed by atoms with van der Waals surface area (Å²) in [5, 5.41) is 3.74. The molecule has 0 saturated heterocycles. The molecular weight excluding hydrogens is 302 g/mol. The Kier molecular flexibility index (Phi) is 4.38. The first-order valence-corrected chi connectivity index (χ1v) is 7.26. The third-order valence-corrected chi connectivity index (χ3v) is 3.65. The summed E-state index contributed by atoms with van der Waals surface area (Å²) in [7, 11) is 0. The zero-order chi connectivity index (χ0) is 13.8. The topological polar surface area (TPSA) is 29.1 Å². The Labute approximate surface area is 122 Å². The van der Waals surface area contributed by atoms with Gasteiger partial charge in [0.25, 0.3) is 5.91 Å². The van der Waals surface area contributed by atoms with Crippen LogP contribution in [0.3, 0.4) is 0 Å². The van der Waals surface area contributed by atoms with Crippen molar-refractivity contribution in [2.75, 3.05) is 5.32 Å². The van der Waals surface area contributed by atoms with Crippen molar-refractivity contribution in [2.24, 2.45) is 0 Å². The number of benzene rings is 2. The lowest BCUT2D eigenvalue weighted by atomic mass is 10.0. The van der Waals surface area contributed by atoms with Gasteiger partial charge in [-0.15, -0.1) is 0 Å². The molecule has 0 saturated carbocycles. The van der Waals surface area contributed by atoms with Crippen molar-refractivity contribution in [1.82, 2.24) is 0 Å². The number of amides is 1. The lowest BCUT2D eigenvalue weighted by molar-refractivity contribution is 0.102. The van der Waals surface area contributed by atoms with E-state index in [-0.39, 0.29) is 5.91 Å². The summed E-state index contributed by atoms with van der Waals surface area (Å²) in [5.74, 6) is -0.0622. The van der Waals surface area contributed by atoms with Gasteiger partial charge in [0.1, 0.15) is 0 Å². The van der Waals surface area contributed by atoms with Crippen LogP contribution in [0, 0.1) is 13.8 Å². The van der Waals surface area contributed by atoms with Gasteiger partial charge < -0.3 is 5.32 Å². The van der Waals surface area contributed by atoms with Crippen molar-refractivity contribution in [2.45, 2.75) is 19.2 Å². The third-order valence-electron chi connectivity index (χ3n) is 3.00. The molecule has 0 aliphatic heterocycles. The molecule has 0 heterocycles. The van der Waals surface area contributed by atoms with Gasteiger partial charge in [-0.3, -0.25) is 4.79 Å². The predicted octanol–water partition coefficient (Wildman–Crippen LogP) is 4.45. The maximum Gasteiger partial charge on any atom is 0.255 e. The average Bonchev–Trinajstić information content (AvgIpc) is 2.42. The van der Waals surface area contributed by atoms with Gasteiger partial charge in [0.05, 0.1) is 0 Å². The fraction of sp³-hybridized carbons (Fsp3) is 0.188. The molecule has 1 N–H and O–H groups in total. The second-order valence-corrected chi connectivity index (χ2v) is 5.16. The van der Waals surface area contributed by atoms with Crippen molar-refractivity contribution in [3.8, 4) is 0 Å². The number of anilines is 1. The molecule has 2 aromatic carbocycles. The van der Waals surface area contributed by atoms with E-state index in [1.807, 2.05) is 56.3 Å². The van der Waals surface area contributed by atoms with E-state index in [4.69, 9.17) is 0 Å². The number of halogens is 1. The van der Waals surface area contributed by atoms with E-state index in [9.17, 15) is 4.79 Å². The minimum absolute atomic E-state index is 0.0622. The summed E-state index contributed by atoms with van der Waals surface area (Å²) in [6.45, 7) is 3.93. The van der Waals surface area contributed by atoms with Crippen molar-refractivity contribution in [3.05, 3.63) is 64.7 Å². The zero-order valence-electron chi connectivity index (χ0n) is 11.0. The molecule has 0 fully saturated rings. The van der Waals surface area contributed by atoms with Gasteiger partial charge in [0.2, 0.25) is 0 Å². The van der Waals surface area contributed by atoms with E-state index in [0.717, 1.165) is 27.7 Å². The quantitative estimate of drug-likeness (QED) is 0.832. The largest absolute Gasteiger partial charge is 0.322 e. The SMILES string of the molecule is Cc1ccc(C)c(C(=O)Nc2ccc(CBr)cc2)c1. The van der Waals surface area contributed by atoms with E-state index in [1.165, 1.54) is 5.56 Å².